The Morgan fingerprint density at radius 3 is 2.11 bits per heavy atom. The zero-order valence-corrected chi connectivity index (χ0v) is 14.6. The highest BCUT2D eigenvalue weighted by molar-refractivity contribution is 6.87. The van der Waals surface area contributed by atoms with Gasteiger partial charge in [-0.05, 0) is 17.0 Å². The van der Waals surface area contributed by atoms with Crippen molar-refractivity contribution in [1.82, 2.24) is 4.23 Å². The molecule has 1 fully saturated rings. The number of hydrogen-bond acceptors (Lipinski definition) is 1. The summed E-state index contributed by atoms with van der Waals surface area (Å²) >= 11 is 0. The molecule has 1 radical (unpaired) electrons. The molecular formula is C15H26NSi2. The lowest BCUT2D eigenvalue weighted by Gasteiger charge is -2.64. The summed E-state index contributed by atoms with van der Waals surface area (Å²) in [5.41, 5.74) is 2.44. The van der Waals surface area contributed by atoms with E-state index < -0.39 is 8.24 Å². The Labute approximate surface area is 115 Å². The van der Waals surface area contributed by atoms with Crippen molar-refractivity contribution in [2.24, 2.45) is 5.92 Å². The van der Waals surface area contributed by atoms with Gasteiger partial charge in [0.1, 0.15) is 17.2 Å². The van der Waals surface area contributed by atoms with Crippen molar-refractivity contribution in [2.75, 3.05) is 0 Å². The van der Waals surface area contributed by atoms with Crippen molar-refractivity contribution < 1.29 is 0 Å². The number of benzene rings is 1. The van der Waals surface area contributed by atoms with E-state index in [-0.39, 0.29) is 8.96 Å². The van der Waals surface area contributed by atoms with Crippen LogP contribution in [0.1, 0.15) is 25.5 Å². The highest BCUT2D eigenvalue weighted by Gasteiger charge is 2.57. The van der Waals surface area contributed by atoms with E-state index in [4.69, 9.17) is 0 Å². The minimum atomic E-state index is -1.20. The fourth-order valence-electron chi connectivity index (χ4n) is 4.03. The van der Waals surface area contributed by atoms with Crippen molar-refractivity contribution in [3.05, 3.63) is 35.9 Å². The Balaban J connectivity index is 2.37. The van der Waals surface area contributed by atoms with Gasteiger partial charge in [0.05, 0.1) is 0 Å². The molecule has 0 spiro atoms. The Bertz CT molecular complexity index is 382. The molecule has 0 unspecified atom stereocenters. The van der Waals surface area contributed by atoms with Crippen LogP contribution >= 0.6 is 0 Å². The summed E-state index contributed by atoms with van der Waals surface area (Å²) in [4.78, 5) is 0. The van der Waals surface area contributed by atoms with Crippen molar-refractivity contribution in [3.63, 3.8) is 0 Å². The zero-order chi connectivity index (χ0) is 13.5. The Morgan fingerprint density at radius 1 is 1.11 bits per heavy atom. The van der Waals surface area contributed by atoms with E-state index in [1.165, 1.54) is 5.56 Å². The fourth-order valence-corrected chi connectivity index (χ4v) is 14.0. The number of rotatable bonds is 3. The maximum absolute atomic E-state index is 2.91. The van der Waals surface area contributed by atoms with E-state index in [0.717, 1.165) is 11.5 Å². The van der Waals surface area contributed by atoms with E-state index in [9.17, 15) is 0 Å². The van der Waals surface area contributed by atoms with Gasteiger partial charge in [-0.3, -0.25) is 0 Å². The first-order valence-corrected chi connectivity index (χ1v) is 12.5. The highest BCUT2D eigenvalue weighted by atomic mass is 28.4. The van der Waals surface area contributed by atoms with Crippen LogP contribution < -0.4 is 0 Å². The molecule has 0 N–H and O–H groups in total. The van der Waals surface area contributed by atoms with Gasteiger partial charge < -0.3 is 4.23 Å². The minimum Gasteiger partial charge on any atom is -0.340 e. The molecule has 1 aromatic carbocycles. The van der Waals surface area contributed by atoms with E-state index in [1.54, 1.807) is 0 Å². The SMILES string of the molecule is CC(C)[C@H]1[C@H](c2ccccc2)N([Si](C)C)[Si]1(C)C. The second-order valence-corrected chi connectivity index (χ2v) is 13.9. The molecule has 0 aromatic heterocycles. The third-order valence-corrected chi connectivity index (χ3v) is 12.8. The summed E-state index contributed by atoms with van der Waals surface area (Å²) in [7, 11) is -1.55. The van der Waals surface area contributed by atoms with Gasteiger partial charge >= 0.3 is 0 Å². The molecule has 1 aromatic rings. The van der Waals surface area contributed by atoms with E-state index in [1.807, 2.05) is 0 Å². The Morgan fingerprint density at radius 2 is 1.67 bits per heavy atom. The number of hydrogen-bond donors (Lipinski definition) is 0. The molecule has 0 saturated carbocycles. The predicted octanol–water partition coefficient (Wildman–Crippen LogP) is 4.53. The molecule has 2 rings (SSSR count). The molecule has 2 atom stereocenters. The summed E-state index contributed by atoms with van der Waals surface area (Å²) in [6, 6.07) is 11.8. The highest BCUT2D eigenvalue weighted by Crippen LogP contribution is 2.56. The van der Waals surface area contributed by atoms with Crippen LogP contribution in [-0.2, 0) is 0 Å². The van der Waals surface area contributed by atoms with Crippen LogP contribution in [0.5, 0.6) is 0 Å². The van der Waals surface area contributed by atoms with Crippen molar-refractivity contribution in [1.29, 1.82) is 0 Å². The summed E-state index contributed by atoms with van der Waals surface area (Å²) in [6.07, 6.45) is 0. The molecule has 1 heterocycles. The first-order valence-electron chi connectivity index (χ1n) is 7.01. The van der Waals surface area contributed by atoms with Crippen LogP contribution in [0.3, 0.4) is 0 Å². The van der Waals surface area contributed by atoms with E-state index >= 15 is 0 Å². The summed E-state index contributed by atoms with van der Waals surface area (Å²) in [5.74, 6) is 0.800. The van der Waals surface area contributed by atoms with Gasteiger partial charge in [0, 0.05) is 6.04 Å². The predicted molar refractivity (Wildman–Crippen MR) is 84.6 cm³/mol. The van der Waals surface area contributed by atoms with Crippen LogP contribution in [0, 0.1) is 5.92 Å². The average molecular weight is 277 g/mol. The zero-order valence-electron chi connectivity index (χ0n) is 12.6. The molecule has 1 aliphatic heterocycles. The third-order valence-electron chi connectivity index (χ3n) is 4.40. The van der Waals surface area contributed by atoms with Gasteiger partial charge in [-0.2, -0.15) is 0 Å². The van der Waals surface area contributed by atoms with Crippen molar-refractivity contribution >= 4 is 17.2 Å². The van der Waals surface area contributed by atoms with E-state index in [0.29, 0.717) is 6.04 Å². The van der Waals surface area contributed by atoms with Crippen LogP contribution in [0.2, 0.25) is 31.7 Å². The maximum Gasteiger partial charge on any atom is 0.123 e. The third kappa shape index (κ3) is 2.12. The molecule has 99 valence electrons. The summed E-state index contributed by atoms with van der Waals surface area (Å²) in [6.45, 7) is 14.8. The monoisotopic (exact) mass is 276 g/mol. The largest absolute Gasteiger partial charge is 0.340 e. The van der Waals surface area contributed by atoms with Gasteiger partial charge in [0.15, 0.2) is 0 Å². The summed E-state index contributed by atoms with van der Waals surface area (Å²) in [5, 5.41) is 0. The Hall–Kier alpha value is -0.386. The number of nitrogens with zero attached hydrogens (tertiary/aromatic N) is 1. The smallest absolute Gasteiger partial charge is 0.123 e. The lowest BCUT2D eigenvalue weighted by Crippen LogP contribution is -2.71. The first-order chi connectivity index (χ1) is 8.37. The van der Waals surface area contributed by atoms with Crippen LogP contribution in [0.4, 0.5) is 0 Å². The van der Waals surface area contributed by atoms with Crippen molar-refractivity contribution in [2.45, 2.75) is 51.6 Å². The molecule has 0 amide bonds. The van der Waals surface area contributed by atoms with E-state index in [2.05, 4.69) is 74.6 Å². The quantitative estimate of drug-likeness (QED) is 0.733. The second kappa shape index (κ2) is 4.95. The van der Waals surface area contributed by atoms with Crippen LogP contribution in [0.25, 0.3) is 0 Å². The second-order valence-electron chi connectivity index (χ2n) is 6.60. The molecule has 1 saturated heterocycles. The van der Waals surface area contributed by atoms with Gasteiger partial charge in [0.2, 0.25) is 0 Å². The molecule has 0 aliphatic carbocycles. The molecule has 0 bridgehead atoms. The lowest BCUT2D eigenvalue weighted by atomic mass is 9.96. The average Bonchev–Trinajstić information content (AvgIpc) is 2.26. The van der Waals surface area contributed by atoms with Crippen molar-refractivity contribution in [3.8, 4) is 0 Å². The first kappa shape index (κ1) is 14.0. The maximum atomic E-state index is 2.91. The molecule has 18 heavy (non-hydrogen) atoms. The molecular weight excluding hydrogens is 250 g/mol. The standard InChI is InChI=1S/C15H26NSi2/c1-12(2)15-14(13-10-8-7-9-11-13)16(17(3)4)18(15,5)6/h7-12,14-15H,1-6H3/t14-,15-/m0/s1. The lowest BCUT2D eigenvalue weighted by molar-refractivity contribution is 0.284. The fraction of sp³-hybridized carbons (Fsp3) is 0.600. The molecule has 3 heteroatoms. The van der Waals surface area contributed by atoms with Gasteiger partial charge in [-0.25, -0.2) is 0 Å². The Kier molecular flexibility index (Phi) is 3.86. The van der Waals surface area contributed by atoms with Crippen LogP contribution in [-0.4, -0.2) is 21.4 Å². The molecule has 1 nitrogen and oxygen atoms in total. The topological polar surface area (TPSA) is 3.24 Å². The van der Waals surface area contributed by atoms with Crippen LogP contribution in [0.15, 0.2) is 30.3 Å². The van der Waals surface area contributed by atoms with Gasteiger partial charge in [-0.15, -0.1) is 0 Å². The van der Waals surface area contributed by atoms with Gasteiger partial charge in [0.25, 0.3) is 0 Å². The van der Waals surface area contributed by atoms with Gasteiger partial charge in [-0.1, -0.05) is 70.4 Å². The normalized spacial score (nSPS) is 27.6. The summed E-state index contributed by atoms with van der Waals surface area (Å²) < 4.78 is 2.91. The minimum absolute atomic E-state index is 0.349. The molecule has 1 aliphatic rings.